The maximum absolute atomic E-state index is 6.17. The van der Waals surface area contributed by atoms with Gasteiger partial charge in [0, 0.05) is 11.7 Å². The second kappa shape index (κ2) is 8.34. The van der Waals surface area contributed by atoms with Crippen molar-refractivity contribution >= 4 is 29.2 Å². The first kappa shape index (κ1) is 17.7. The molecule has 6 nitrogen and oxygen atoms in total. The predicted octanol–water partition coefficient (Wildman–Crippen LogP) is 4.72. The van der Waals surface area contributed by atoms with Crippen LogP contribution in [0.4, 0.5) is 17.6 Å². The van der Waals surface area contributed by atoms with E-state index >= 15 is 0 Å². The lowest BCUT2D eigenvalue weighted by molar-refractivity contribution is 0.415. The topological polar surface area (TPSA) is 72.0 Å². The van der Waals surface area contributed by atoms with E-state index in [0.717, 1.165) is 5.69 Å². The molecule has 3 rings (SSSR count). The summed E-state index contributed by atoms with van der Waals surface area (Å²) in [5.41, 5.74) is 0.803. The first-order chi connectivity index (χ1) is 12.1. The number of aromatic nitrogens is 3. The monoisotopic (exact) mass is 361 g/mol. The van der Waals surface area contributed by atoms with Gasteiger partial charge in [-0.2, -0.15) is 15.0 Å². The van der Waals surface area contributed by atoms with Crippen LogP contribution in [0.5, 0.6) is 5.75 Å². The van der Waals surface area contributed by atoms with Gasteiger partial charge >= 0.3 is 0 Å². The molecule has 0 saturated heterocycles. The molecule has 1 aromatic carbocycles. The molecule has 0 amide bonds. The van der Waals surface area contributed by atoms with Crippen LogP contribution >= 0.6 is 11.6 Å². The summed E-state index contributed by atoms with van der Waals surface area (Å²) in [6.45, 7) is 1.87. The van der Waals surface area contributed by atoms with E-state index in [2.05, 4.69) is 25.6 Å². The van der Waals surface area contributed by atoms with Crippen LogP contribution in [0.2, 0.25) is 5.02 Å². The van der Waals surface area contributed by atoms with Crippen LogP contribution in [0.15, 0.2) is 18.2 Å². The van der Waals surface area contributed by atoms with E-state index in [1.165, 1.54) is 38.5 Å². The molecular weight excluding hydrogens is 338 g/mol. The average molecular weight is 362 g/mol. The van der Waals surface area contributed by atoms with E-state index in [1.807, 2.05) is 19.1 Å². The van der Waals surface area contributed by atoms with Crippen LogP contribution in [0.25, 0.3) is 0 Å². The largest absolute Gasteiger partial charge is 0.495 e. The highest BCUT2D eigenvalue weighted by atomic mass is 35.5. The van der Waals surface area contributed by atoms with Crippen LogP contribution in [0.3, 0.4) is 0 Å². The van der Waals surface area contributed by atoms with Crippen LogP contribution in [0, 0.1) is 6.92 Å². The van der Waals surface area contributed by atoms with Gasteiger partial charge in [-0.25, -0.2) is 0 Å². The summed E-state index contributed by atoms with van der Waals surface area (Å²) in [5.74, 6) is 2.44. The molecule has 0 aliphatic heterocycles. The van der Waals surface area contributed by atoms with Crippen molar-refractivity contribution in [3.63, 3.8) is 0 Å². The minimum Gasteiger partial charge on any atom is -0.495 e. The van der Waals surface area contributed by atoms with Gasteiger partial charge in [0.05, 0.1) is 12.1 Å². The molecule has 1 fully saturated rings. The van der Waals surface area contributed by atoms with Gasteiger partial charge in [0.25, 0.3) is 0 Å². The van der Waals surface area contributed by atoms with E-state index in [0.29, 0.717) is 34.5 Å². The Morgan fingerprint density at radius 3 is 2.44 bits per heavy atom. The van der Waals surface area contributed by atoms with Crippen molar-refractivity contribution in [3.05, 3.63) is 29.0 Å². The zero-order chi connectivity index (χ0) is 17.6. The standard InChI is InChI=1S/C18H24ClN5O/c1-12-20-17(22-13-7-5-3-4-6-8-13)24-18(21-12)23-14-9-10-16(25-2)15(19)11-14/h9-11,13H,3-8H2,1-2H3,(H2,20,21,22,23,24). The Labute approximate surface area is 153 Å². The smallest absolute Gasteiger partial charge is 0.232 e. The molecule has 1 aliphatic carbocycles. The lowest BCUT2D eigenvalue weighted by Crippen LogP contribution is -2.20. The lowest BCUT2D eigenvalue weighted by Gasteiger charge is -2.17. The number of anilines is 3. The SMILES string of the molecule is COc1ccc(Nc2nc(C)nc(NC3CCCCCC3)n2)cc1Cl. The third-order valence-electron chi connectivity index (χ3n) is 4.34. The Kier molecular flexibility index (Phi) is 5.91. The molecule has 134 valence electrons. The first-order valence-electron chi connectivity index (χ1n) is 8.74. The third-order valence-corrected chi connectivity index (χ3v) is 4.64. The second-order valence-corrected chi connectivity index (χ2v) is 6.74. The van der Waals surface area contributed by atoms with E-state index in [4.69, 9.17) is 16.3 Å². The van der Waals surface area contributed by atoms with Gasteiger partial charge in [-0.3, -0.25) is 0 Å². The van der Waals surface area contributed by atoms with Crippen LogP contribution in [-0.2, 0) is 0 Å². The zero-order valence-corrected chi connectivity index (χ0v) is 15.4. The molecule has 1 aliphatic rings. The maximum atomic E-state index is 6.17. The average Bonchev–Trinajstić information content (AvgIpc) is 2.83. The third kappa shape index (κ3) is 4.95. The van der Waals surface area contributed by atoms with Gasteiger partial charge in [-0.05, 0) is 38.0 Å². The Hall–Kier alpha value is -2.08. The molecule has 0 atom stereocenters. The van der Waals surface area contributed by atoms with Crippen molar-refractivity contribution in [1.29, 1.82) is 0 Å². The number of ether oxygens (including phenoxy) is 1. The highest BCUT2D eigenvalue weighted by Crippen LogP contribution is 2.28. The second-order valence-electron chi connectivity index (χ2n) is 6.34. The molecular formula is C18H24ClN5O. The normalized spacial score (nSPS) is 15.5. The minimum atomic E-state index is 0.438. The number of benzene rings is 1. The number of hydrogen-bond acceptors (Lipinski definition) is 6. The minimum absolute atomic E-state index is 0.438. The summed E-state index contributed by atoms with van der Waals surface area (Å²) in [7, 11) is 1.59. The molecule has 2 aromatic rings. The quantitative estimate of drug-likeness (QED) is 0.751. The first-order valence-corrected chi connectivity index (χ1v) is 9.11. The van der Waals surface area contributed by atoms with Gasteiger partial charge in [0.15, 0.2) is 0 Å². The highest BCUT2D eigenvalue weighted by Gasteiger charge is 2.14. The van der Waals surface area contributed by atoms with Crippen LogP contribution in [-0.4, -0.2) is 28.1 Å². The van der Waals surface area contributed by atoms with Crippen LogP contribution in [0.1, 0.15) is 44.3 Å². The molecule has 0 spiro atoms. The van der Waals surface area contributed by atoms with Gasteiger partial charge in [0.2, 0.25) is 11.9 Å². The zero-order valence-electron chi connectivity index (χ0n) is 14.7. The molecule has 1 heterocycles. The number of halogens is 1. The van der Waals surface area contributed by atoms with Crippen molar-refractivity contribution in [2.75, 3.05) is 17.7 Å². The summed E-state index contributed by atoms with van der Waals surface area (Å²) in [5, 5.41) is 7.19. The highest BCUT2D eigenvalue weighted by molar-refractivity contribution is 6.32. The van der Waals surface area contributed by atoms with Gasteiger partial charge in [-0.1, -0.05) is 37.3 Å². The van der Waals surface area contributed by atoms with Crippen LogP contribution < -0.4 is 15.4 Å². The number of nitrogens with one attached hydrogen (secondary N) is 2. The molecule has 2 N–H and O–H groups in total. The van der Waals surface area contributed by atoms with E-state index in [-0.39, 0.29) is 0 Å². The Morgan fingerprint density at radius 2 is 1.76 bits per heavy atom. The van der Waals surface area contributed by atoms with Crippen molar-refractivity contribution in [2.45, 2.75) is 51.5 Å². The summed E-state index contributed by atoms with van der Waals surface area (Å²) in [6, 6.07) is 5.91. The van der Waals surface area contributed by atoms with Gasteiger partial charge in [0.1, 0.15) is 11.6 Å². The van der Waals surface area contributed by atoms with Gasteiger partial charge < -0.3 is 15.4 Å². The number of nitrogens with zero attached hydrogens (tertiary/aromatic N) is 3. The fourth-order valence-corrected chi connectivity index (χ4v) is 3.34. The summed E-state index contributed by atoms with van der Waals surface area (Å²) < 4.78 is 5.17. The number of hydrogen-bond donors (Lipinski definition) is 2. The summed E-state index contributed by atoms with van der Waals surface area (Å²) in [4.78, 5) is 13.3. The maximum Gasteiger partial charge on any atom is 0.232 e. The van der Waals surface area contributed by atoms with E-state index < -0.39 is 0 Å². The number of aryl methyl sites for hydroxylation is 1. The Morgan fingerprint density at radius 1 is 1.04 bits per heavy atom. The molecule has 0 bridgehead atoms. The van der Waals surface area contributed by atoms with Crippen molar-refractivity contribution in [3.8, 4) is 5.75 Å². The van der Waals surface area contributed by atoms with E-state index in [9.17, 15) is 0 Å². The number of methoxy groups -OCH3 is 1. The van der Waals surface area contributed by atoms with Crippen molar-refractivity contribution < 1.29 is 4.74 Å². The fraction of sp³-hybridized carbons (Fsp3) is 0.500. The van der Waals surface area contributed by atoms with Crippen molar-refractivity contribution in [2.24, 2.45) is 0 Å². The van der Waals surface area contributed by atoms with Crippen molar-refractivity contribution in [1.82, 2.24) is 15.0 Å². The number of rotatable bonds is 5. The summed E-state index contributed by atoms with van der Waals surface area (Å²) >= 11 is 6.17. The molecule has 25 heavy (non-hydrogen) atoms. The molecule has 1 aromatic heterocycles. The predicted molar refractivity (Wildman–Crippen MR) is 101 cm³/mol. The molecule has 0 radical (unpaired) electrons. The molecule has 0 unspecified atom stereocenters. The lowest BCUT2D eigenvalue weighted by atomic mass is 10.1. The Bertz CT molecular complexity index is 717. The van der Waals surface area contributed by atoms with E-state index in [1.54, 1.807) is 13.2 Å². The fourth-order valence-electron chi connectivity index (χ4n) is 3.08. The molecule has 7 heteroatoms. The summed E-state index contributed by atoms with van der Waals surface area (Å²) in [6.07, 6.45) is 7.50. The molecule has 1 saturated carbocycles. The van der Waals surface area contributed by atoms with Gasteiger partial charge in [-0.15, -0.1) is 0 Å². The Balaban J connectivity index is 1.73.